The van der Waals surface area contributed by atoms with E-state index in [0.29, 0.717) is 0 Å². The molecule has 0 aromatic heterocycles. The highest BCUT2D eigenvalue weighted by molar-refractivity contribution is 6.36. The van der Waals surface area contributed by atoms with Crippen molar-refractivity contribution < 1.29 is 32.2 Å². The van der Waals surface area contributed by atoms with Gasteiger partial charge in [-0.2, -0.15) is 17.6 Å². The molecular formula is C9H6ClF4NO3. The van der Waals surface area contributed by atoms with Crippen LogP contribution in [0.2, 0.25) is 5.02 Å². The average Bonchev–Trinajstić information content (AvgIpc) is 2.24. The van der Waals surface area contributed by atoms with E-state index in [0.717, 1.165) is 12.1 Å². The van der Waals surface area contributed by atoms with Crippen LogP contribution in [0, 0.1) is 0 Å². The van der Waals surface area contributed by atoms with Crippen molar-refractivity contribution in [3.8, 4) is 5.75 Å². The molecule has 1 aromatic carbocycles. The third-order valence-corrected chi connectivity index (χ3v) is 2.28. The number of benzene rings is 1. The topological polar surface area (TPSA) is 72.5 Å². The Morgan fingerprint density at radius 2 is 2.00 bits per heavy atom. The molecule has 18 heavy (non-hydrogen) atoms. The van der Waals surface area contributed by atoms with Gasteiger partial charge in [0.15, 0.2) is 5.75 Å². The van der Waals surface area contributed by atoms with Gasteiger partial charge in [0, 0.05) is 0 Å². The lowest BCUT2D eigenvalue weighted by Gasteiger charge is -2.18. The molecule has 0 aliphatic carbocycles. The van der Waals surface area contributed by atoms with Gasteiger partial charge in [-0.25, -0.2) is 4.79 Å². The van der Waals surface area contributed by atoms with E-state index in [1.807, 2.05) is 0 Å². The van der Waals surface area contributed by atoms with Crippen molar-refractivity contribution >= 4 is 23.3 Å². The number of carbonyl (C=O) groups is 1. The van der Waals surface area contributed by atoms with Crippen molar-refractivity contribution in [1.82, 2.24) is 0 Å². The standard InChI is InChI=1S/C9H6ClF4NO3/c10-5-3(7(16)17)1-2-4(6(5)15)18-9(13,14)8(11)12/h1-2,8H,15H2,(H,16,17). The van der Waals surface area contributed by atoms with Crippen LogP contribution in [0.3, 0.4) is 0 Å². The van der Waals surface area contributed by atoms with Crippen LogP contribution in [0.15, 0.2) is 12.1 Å². The van der Waals surface area contributed by atoms with E-state index in [1.54, 1.807) is 0 Å². The Balaban J connectivity index is 3.14. The summed E-state index contributed by atoms with van der Waals surface area (Å²) in [5, 5.41) is 8.09. The van der Waals surface area contributed by atoms with Crippen LogP contribution >= 0.6 is 11.6 Å². The number of aromatic carboxylic acids is 1. The molecule has 100 valence electrons. The highest BCUT2D eigenvalue weighted by Gasteiger charge is 2.44. The maximum atomic E-state index is 12.6. The fourth-order valence-electron chi connectivity index (χ4n) is 1.02. The summed E-state index contributed by atoms with van der Waals surface area (Å²) >= 11 is 5.48. The van der Waals surface area contributed by atoms with Crippen LogP contribution < -0.4 is 10.5 Å². The number of nitrogen functional groups attached to an aromatic ring is 1. The van der Waals surface area contributed by atoms with Gasteiger partial charge < -0.3 is 15.6 Å². The Morgan fingerprint density at radius 3 is 2.44 bits per heavy atom. The molecule has 3 N–H and O–H groups in total. The molecule has 0 heterocycles. The molecule has 0 spiro atoms. The van der Waals surface area contributed by atoms with Crippen molar-refractivity contribution in [3.05, 3.63) is 22.7 Å². The first kappa shape index (κ1) is 14.4. The minimum Gasteiger partial charge on any atom is -0.478 e. The SMILES string of the molecule is Nc1c(OC(F)(F)C(F)F)ccc(C(=O)O)c1Cl. The summed E-state index contributed by atoms with van der Waals surface area (Å²) in [6.07, 6.45) is -8.81. The smallest absolute Gasteiger partial charge is 0.461 e. The molecule has 1 rings (SSSR count). The van der Waals surface area contributed by atoms with Crippen molar-refractivity contribution in [2.75, 3.05) is 5.73 Å². The van der Waals surface area contributed by atoms with Gasteiger partial charge in [-0.1, -0.05) is 11.6 Å². The second kappa shape index (κ2) is 4.89. The van der Waals surface area contributed by atoms with Crippen LogP contribution in [0.25, 0.3) is 0 Å². The Bertz CT molecular complexity index is 481. The molecule has 0 atom stereocenters. The highest BCUT2D eigenvalue weighted by Crippen LogP contribution is 2.36. The van der Waals surface area contributed by atoms with Crippen molar-refractivity contribution in [2.45, 2.75) is 12.5 Å². The largest absolute Gasteiger partial charge is 0.478 e. The number of nitrogens with two attached hydrogens (primary N) is 1. The fraction of sp³-hybridized carbons (Fsp3) is 0.222. The zero-order valence-electron chi connectivity index (χ0n) is 8.46. The molecule has 0 amide bonds. The molecule has 0 saturated carbocycles. The summed E-state index contributed by atoms with van der Waals surface area (Å²) in [6.45, 7) is 0. The number of carboxylic acids is 1. The summed E-state index contributed by atoms with van der Waals surface area (Å²) in [5.74, 6) is -2.27. The zero-order valence-corrected chi connectivity index (χ0v) is 9.22. The van der Waals surface area contributed by atoms with E-state index in [9.17, 15) is 22.4 Å². The van der Waals surface area contributed by atoms with Crippen LogP contribution in [0.4, 0.5) is 23.2 Å². The van der Waals surface area contributed by atoms with Crippen LogP contribution in [-0.4, -0.2) is 23.6 Å². The maximum Gasteiger partial charge on any atom is 0.461 e. The molecule has 1 aromatic rings. The summed E-state index contributed by atoms with van der Waals surface area (Å²) in [4.78, 5) is 10.6. The molecular weight excluding hydrogens is 282 g/mol. The zero-order chi connectivity index (χ0) is 14.1. The number of rotatable bonds is 4. The summed E-state index contributed by atoms with van der Waals surface area (Å²) in [7, 11) is 0. The first-order chi connectivity index (χ1) is 8.16. The van der Waals surface area contributed by atoms with Crippen molar-refractivity contribution in [3.63, 3.8) is 0 Å². The Hall–Kier alpha value is -1.70. The summed E-state index contributed by atoms with van der Waals surface area (Å²) in [6, 6.07) is 1.54. The fourth-order valence-corrected chi connectivity index (χ4v) is 1.26. The normalized spacial score (nSPS) is 11.7. The average molecular weight is 288 g/mol. The van der Waals surface area contributed by atoms with Crippen LogP contribution in [0.5, 0.6) is 5.75 Å². The quantitative estimate of drug-likeness (QED) is 0.660. The predicted molar refractivity (Wildman–Crippen MR) is 54.4 cm³/mol. The van der Waals surface area contributed by atoms with E-state index < -0.39 is 40.5 Å². The van der Waals surface area contributed by atoms with Crippen molar-refractivity contribution in [2.24, 2.45) is 0 Å². The van der Waals surface area contributed by atoms with Gasteiger partial charge in [0.2, 0.25) is 0 Å². The van der Waals surface area contributed by atoms with Gasteiger partial charge in [-0.3, -0.25) is 0 Å². The Morgan fingerprint density at radius 1 is 1.44 bits per heavy atom. The highest BCUT2D eigenvalue weighted by atomic mass is 35.5. The number of halogens is 5. The number of alkyl halides is 4. The van der Waals surface area contributed by atoms with Gasteiger partial charge >= 0.3 is 18.5 Å². The molecule has 0 radical (unpaired) electrons. The van der Waals surface area contributed by atoms with Crippen LogP contribution in [0.1, 0.15) is 10.4 Å². The molecule has 0 fully saturated rings. The third-order valence-electron chi connectivity index (χ3n) is 1.87. The minimum absolute atomic E-state index is 0.457. The van der Waals surface area contributed by atoms with Gasteiger partial charge in [0.25, 0.3) is 0 Å². The monoisotopic (exact) mass is 287 g/mol. The summed E-state index contributed by atoms with van der Waals surface area (Å²) in [5.41, 5.74) is 4.12. The maximum absolute atomic E-state index is 12.6. The van der Waals surface area contributed by atoms with Gasteiger partial charge in [-0.05, 0) is 12.1 Å². The predicted octanol–water partition coefficient (Wildman–Crippen LogP) is 2.86. The first-order valence-corrected chi connectivity index (χ1v) is 4.71. The van der Waals surface area contributed by atoms with E-state index in [4.69, 9.17) is 22.4 Å². The lowest BCUT2D eigenvalue weighted by molar-refractivity contribution is -0.252. The lowest BCUT2D eigenvalue weighted by Crippen LogP contribution is -2.33. The number of hydrogen-bond donors (Lipinski definition) is 2. The molecule has 0 bridgehead atoms. The molecule has 0 aliphatic rings. The van der Waals surface area contributed by atoms with Crippen LogP contribution in [-0.2, 0) is 0 Å². The molecule has 0 saturated heterocycles. The van der Waals surface area contributed by atoms with E-state index in [2.05, 4.69) is 4.74 Å². The van der Waals surface area contributed by atoms with E-state index >= 15 is 0 Å². The second-order valence-electron chi connectivity index (χ2n) is 3.11. The van der Waals surface area contributed by atoms with E-state index in [1.165, 1.54) is 0 Å². The number of hydrogen-bond acceptors (Lipinski definition) is 3. The Kier molecular flexibility index (Phi) is 3.90. The molecule has 0 unspecified atom stereocenters. The minimum atomic E-state index is -4.75. The van der Waals surface area contributed by atoms with Crippen molar-refractivity contribution in [1.29, 1.82) is 0 Å². The van der Waals surface area contributed by atoms with Gasteiger partial charge in [-0.15, -0.1) is 0 Å². The number of carboxylic acid groups (broad SMARTS) is 1. The van der Waals surface area contributed by atoms with E-state index in [-0.39, 0.29) is 0 Å². The van der Waals surface area contributed by atoms with Gasteiger partial charge in [0.05, 0.1) is 16.3 Å². The molecule has 0 aliphatic heterocycles. The lowest BCUT2D eigenvalue weighted by atomic mass is 10.2. The third kappa shape index (κ3) is 2.76. The first-order valence-electron chi connectivity index (χ1n) is 4.33. The second-order valence-corrected chi connectivity index (χ2v) is 3.49. The molecule has 4 nitrogen and oxygen atoms in total. The number of ether oxygens (including phenoxy) is 1. The van der Waals surface area contributed by atoms with Gasteiger partial charge in [0.1, 0.15) is 0 Å². The summed E-state index contributed by atoms with van der Waals surface area (Å²) < 4.78 is 52.7. The Labute approximate surface area is 103 Å². The molecule has 9 heteroatoms. The number of anilines is 1.